The van der Waals surface area contributed by atoms with Crippen LogP contribution in [-0.2, 0) is 4.79 Å². The Morgan fingerprint density at radius 3 is 2.48 bits per heavy atom. The Bertz CT molecular complexity index is 517. The first-order valence-electron chi connectivity index (χ1n) is 6.33. The van der Waals surface area contributed by atoms with Gasteiger partial charge in [-0.2, -0.15) is 13.2 Å². The molecule has 1 rings (SSSR count). The number of carbonyl (C=O) groups is 1. The first-order chi connectivity index (χ1) is 9.58. The molecule has 0 aliphatic rings. The minimum Gasteiger partial charge on any atom is -0.492 e. The molecule has 1 unspecified atom stereocenters. The Morgan fingerprint density at radius 1 is 1.33 bits per heavy atom. The minimum absolute atomic E-state index is 0.0662. The Kier molecular flexibility index (Phi) is 5.22. The second-order valence-electron chi connectivity index (χ2n) is 4.97. The quantitative estimate of drug-likeness (QED) is 0.793. The van der Waals surface area contributed by atoms with Crippen LogP contribution in [0.3, 0.4) is 0 Å². The van der Waals surface area contributed by atoms with Crippen LogP contribution in [0.4, 0.5) is 13.2 Å². The van der Waals surface area contributed by atoms with Crippen molar-refractivity contribution in [3.8, 4) is 5.75 Å². The number of carboxylic acid groups (broad SMARTS) is 1. The lowest BCUT2D eigenvalue weighted by molar-refractivity contribution is -0.206. The highest BCUT2D eigenvalue weighted by Gasteiger charge is 2.57. The van der Waals surface area contributed by atoms with Gasteiger partial charge in [-0.05, 0) is 38.0 Å². The standard InChI is InChI=1S/C14H18F3NO3/c1-9-4-5-10(2)11(8-9)21-7-6-18-13(3,12(19)20)14(15,16)17/h4-5,8,18H,6-7H2,1-3H3,(H,19,20). The van der Waals surface area contributed by atoms with E-state index < -0.39 is 17.7 Å². The van der Waals surface area contributed by atoms with E-state index in [0.717, 1.165) is 11.1 Å². The van der Waals surface area contributed by atoms with Gasteiger partial charge in [0.15, 0.2) is 0 Å². The molecule has 118 valence electrons. The van der Waals surface area contributed by atoms with Crippen molar-refractivity contribution >= 4 is 5.97 Å². The molecule has 21 heavy (non-hydrogen) atoms. The number of carboxylic acids is 1. The fourth-order valence-electron chi connectivity index (χ4n) is 1.62. The highest BCUT2D eigenvalue weighted by Crippen LogP contribution is 2.30. The van der Waals surface area contributed by atoms with Crippen LogP contribution >= 0.6 is 0 Å². The van der Waals surface area contributed by atoms with E-state index >= 15 is 0 Å². The lowest BCUT2D eigenvalue weighted by Crippen LogP contribution is -2.60. The molecule has 0 saturated carbocycles. The largest absolute Gasteiger partial charge is 0.492 e. The van der Waals surface area contributed by atoms with E-state index in [-0.39, 0.29) is 13.2 Å². The summed E-state index contributed by atoms with van der Waals surface area (Å²) in [4.78, 5) is 10.8. The summed E-state index contributed by atoms with van der Waals surface area (Å²) in [6.45, 7) is 3.97. The molecule has 0 aliphatic carbocycles. The topological polar surface area (TPSA) is 58.6 Å². The van der Waals surface area contributed by atoms with Crippen LogP contribution in [-0.4, -0.2) is 35.9 Å². The van der Waals surface area contributed by atoms with Crippen LogP contribution in [0.2, 0.25) is 0 Å². The van der Waals surface area contributed by atoms with E-state index in [1.807, 2.05) is 31.3 Å². The number of ether oxygens (including phenoxy) is 1. The monoisotopic (exact) mass is 305 g/mol. The second-order valence-corrected chi connectivity index (χ2v) is 4.97. The third kappa shape index (κ3) is 4.10. The summed E-state index contributed by atoms with van der Waals surface area (Å²) in [6.07, 6.45) is -4.89. The van der Waals surface area contributed by atoms with Gasteiger partial charge in [-0.25, -0.2) is 4.79 Å². The normalized spacial score (nSPS) is 14.6. The molecule has 0 heterocycles. The summed E-state index contributed by atoms with van der Waals surface area (Å²) in [7, 11) is 0. The maximum atomic E-state index is 12.7. The van der Waals surface area contributed by atoms with Crippen LogP contribution in [0.5, 0.6) is 5.75 Å². The summed E-state index contributed by atoms with van der Waals surface area (Å²) >= 11 is 0. The molecule has 0 amide bonds. The lowest BCUT2D eigenvalue weighted by Gasteiger charge is -2.28. The average Bonchev–Trinajstić information content (AvgIpc) is 2.36. The van der Waals surface area contributed by atoms with Gasteiger partial charge in [-0.15, -0.1) is 0 Å². The van der Waals surface area contributed by atoms with Crippen LogP contribution in [0.15, 0.2) is 18.2 Å². The van der Waals surface area contributed by atoms with Crippen molar-refractivity contribution < 1.29 is 27.8 Å². The first kappa shape index (κ1) is 17.3. The summed E-state index contributed by atoms with van der Waals surface area (Å²) in [5.74, 6) is -1.40. The first-order valence-corrected chi connectivity index (χ1v) is 6.33. The van der Waals surface area contributed by atoms with E-state index in [9.17, 15) is 18.0 Å². The van der Waals surface area contributed by atoms with Gasteiger partial charge in [-0.1, -0.05) is 12.1 Å². The number of hydrogen-bond donors (Lipinski definition) is 2. The summed E-state index contributed by atoms with van der Waals surface area (Å²) in [5, 5.41) is 10.7. The van der Waals surface area contributed by atoms with Gasteiger partial charge in [0.25, 0.3) is 0 Å². The molecule has 0 aromatic heterocycles. The number of rotatable bonds is 6. The number of aryl methyl sites for hydroxylation is 2. The van der Waals surface area contributed by atoms with Gasteiger partial charge in [-0.3, -0.25) is 5.32 Å². The number of hydrogen-bond acceptors (Lipinski definition) is 3. The van der Waals surface area contributed by atoms with Crippen LogP contribution in [0.1, 0.15) is 18.1 Å². The van der Waals surface area contributed by atoms with Crippen LogP contribution in [0, 0.1) is 13.8 Å². The van der Waals surface area contributed by atoms with Gasteiger partial charge >= 0.3 is 12.1 Å². The molecule has 7 heteroatoms. The van der Waals surface area contributed by atoms with E-state index in [1.54, 1.807) is 6.07 Å². The summed E-state index contributed by atoms with van der Waals surface area (Å²) < 4.78 is 43.6. The molecule has 1 aromatic rings. The molecule has 2 N–H and O–H groups in total. The lowest BCUT2D eigenvalue weighted by atomic mass is 10.0. The van der Waals surface area contributed by atoms with Crippen LogP contribution in [0.25, 0.3) is 0 Å². The van der Waals surface area contributed by atoms with Crippen molar-refractivity contribution in [1.82, 2.24) is 5.32 Å². The Balaban J connectivity index is 2.60. The zero-order valence-electron chi connectivity index (χ0n) is 12.0. The molecule has 0 saturated heterocycles. The summed E-state index contributed by atoms with van der Waals surface area (Å²) in [5.41, 5.74) is -1.16. The highest BCUT2D eigenvalue weighted by molar-refractivity contribution is 5.79. The van der Waals surface area contributed by atoms with Crippen molar-refractivity contribution in [2.75, 3.05) is 13.2 Å². The Morgan fingerprint density at radius 2 is 1.95 bits per heavy atom. The van der Waals surface area contributed by atoms with Gasteiger partial charge in [0.2, 0.25) is 5.54 Å². The van der Waals surface area contributed by atoms with Crippen molar-refractivity contribution in [3.63, 3.8) is 0 Å². The molecule has 0 bridgehead atoms. The van der Waals surface area contributed by atoms with E-state index in [4.69, 9.17) is 9.84 Å². The maximum absolute atomic E-state index is 12.7. The number of alkyl halides is 3. The van der Waals surface area contributed by atoms with Gasteiger partial charge in [0, 0.05) is 6.54 Å². The number of halogens is 3. The molecule has 1 aromatic carbocycles. The van der Waals surface area contributed by atoms with E-state index in [2.05, 4.69) is 0 Å². The molecule has 0 fully saturated rings. The van der Waals surface area contributed by atoms with Gasteiger partial charge < -0.3 is 9.84 Å². The predicted octanol–water partition coefficient (Wildman–Crippen LogP) is 2.68. The number of nitrogens with one attached hydrogen (secondary N) is 1. The molecule has 0 radical (unpaired) electrons. The maximum Gasteiger partial charge on any atom is 0.417 e. The van der Waals surface area contributed by atoms with Gasteiger partial charge in [0.1, 0.15) is 12.4 Å². The molecule has 4 nitrogen and oxygen atoms in total. The molecule has 1 atom stereocenters. The SMILES string of the molecule is Cc1ccc(C)c(OCCNC(C)(C(=O)O)C(F)(F)F)c1. The number of aliphatic carboxylic acids is 1. The Labute approximate surface area is 120 Å². The van der Waals surface area contributed by atoms with E-state index in [0.29, 0.717) is 12.7 Å². The van der Waals surface area contributed by atoms with Gasteiger partial charge in [0.05, 0.1) is 0 Å². The molecule has 0 aliphatic heterocycles. The van der Waals surface area contributed by atoms with Crippen LogP contribution < -0.4 is 10.1 Å². The zero-order valence-corrected chi connectivity index (χ0v) is 12.0. The van der Waals surface area contributed by atoms with Crippen molar-refractivity contribution in [2.24, 2.45) is 0 Å². The Hall–Kier alpha value is -1.76. The smallest absolute Gasteiger partial charge is 0.417 e. The fourth-order valence-corrected chi connectivity index (χ4v) is 1.62. The van der Waals surface area contributed by atoms with Crippen molar-refractivity contribution in [3.05, 3.63) is 29.3 Å². The number of benzene rings is 1. The third-order valence-electron chi connectivity index (χ3n) is 3.18. The van der Waals surface area contributed by atoms with Crippen molar-refractivity contribution in [1.29, 1.82) is 0 Å². The molecular formula is C14H18F3NO3. The summed E-state index contributed by atoms with van der Waals surface area (Å²) in [6, 6.07) is 5.51. The predicted molar refractivity (Wildman–Crippen MR) is 71.5 cm³/mol. The van der Waals surface area contributed by atoms with E-state index in [1.165, 1.54) is 0 Å². The fraction of sp³-hybridized carbons (Fsp3) is 0.500. The zero-order chi connectivity index (χ0) is 16.3. The highest BCUT2D eigenvalue weighted by atomic mass is 19.4. The minimum atomic E-state index is -4.89. The third-order valence-corrected chi connectivity index (χ3v) is 3.18. The second kappa shape index (κ2) is 6.34. The molecule has 0 spiro atoms. The van der Waals surface area contributed by atoms with Crippen molar-refractivity contribution in [2.45, 2.75) is 32.5 Å². The molecular weight excluding hydrogens is 287 g/mol. The average molecular weight is 305 g/mol.